The van der Waals surface area contributed by atoms with E-state index in [1.54, 1.807) is 0 Å². The zero-order valence-electron chi connectivity index (χ0n) is 16.2. The third-order valence-electron chi connectivity index (χ3n) is 6.12. The molecule has 1 fully saturated rings. The summed E-state index contributed by atoms with van der Waals surface area (Å²) in [5, 5.41) is 0. The standard InChI is InChI=1S/C22H27N3O3/c26-20-3-1-2-19-18(20)6-7-25(19)13-10-23-8-11-24(12-9-23)17-4-5-21-22(16-17)28-15-14-27-21/h4-7,16H,1-3,8-15H2. The monoisotopic (exact) mass is 381 g/mol. The molecule has 1 aliphatic carbocycles. The van der Waals surface area contributed by atoms with Crippen LogP contribution >= 0.6 is 0 Å². The van der Waals surface area contributed by atoms with E-state index in [2.05, 4.69) is 32.7 Å². The van der Waals surface area contributed by atoms with E-state index in [4.69, 9.17) is 9.47 Å². The van der Waals surface area contributed by atoms with E-state index < -0.39 is 0 Å². The summed E-state index contributed by atoms with van der Waals surface area (Å²) in [6.45, 7) is 7.39. The second-order valence-electron chi connectivity index (χ2n) is 7.80. The number of anilines is 1. The van der Waals surface area contributed by atoms with Gasteiger partial charge < -0.3 is 18.9 Å². The quantitative estimate of drug-likeness (QED) is 0.815. The second-order valence-corrected chi connectivity index (χ2v) is 7.80. The lowest BCUT2D eigenvalue weighted by atomic mass is 9.97. The fourth-order valence-corrected chi connectivity index (χ4v) is 4.51. The Labute approximate surface area is 165 Å². The Morgan fingerprint density at radius 1 is 0.893 bits per heavy atom. The number of carbonyl (C=O) groups excluding carboxylic acids is 1. The van der Waals surface area contributed by atoms with Crippen molar-refractivity contribution in [1.82, 2.24) is 9.47 Å². The summed E-state index contributed by atoms with van der Waals surface area (Å²) in [5.41, 5.74) is 3.41. The molecule has 6 heteroatoms. The van der Waals surface area contributed by atoms with Gasteiger partial charge in [0, 0.05) is 74.9 Å². The van der Waals surface area contributed by atoms with E-state index in [1.165, 1.54) is 11.4 Å². The molecule has 2 aliphatic heterocycles. The first-order valence-electron chi connectivity index (χ1n) is 10.4. The number of hydrogen-bond acceptors (Lipinski definition) is 5. The third kappa shape index (κ3) is 3.37. The summed E-state index contributed by atoms with van der Waals surface area (Å²) >= 11 is 0. The molecular formula is C22H27N3O3. The van der Waals surface area contributed by atoms with Crippen LogP contribution in [0.2, 0.25) is 0 Å². The average Bonchev–Trinajstić information content (AvgIpc) is 3.17. The summed E-state index contributed by atoms with van der Waals surface area (Å²) in [7, 11) is 0. The van der Waals surface area contributed by atoms with E-state index in [9.17, 15) is 4.79 Å². The van der Waals surface area contributed by atoms with Crippen molar-refractivity contribution < 1.29 is 14.3 Å². The molecule has 0 amide bonds. The number of Topliss-reactive ketones (excluding diaryl/α,β-unsaturated/α-hetero) is 1. The second kappa shape index (κ2) is 7.51. The Morgan fingerprint density at radius 2 is 1.71 bits per heavy atom. The first-order valence-corrected chi connectivity index (χ1v) is 10.4. The number of carbonyl (C=O) groups is 1. The first-order chi connectivity index (χ1) is 13.8. The van der Waals surface area contributed by atoms with Crippen molar-refractivity contribution in [2.45, 2.75) is 25.8 Å². The molecule has 0 N–H and O–H groups in total. The van der Waals surface area contributed by atoms with Crippen molar-refractivity contribution in [1.29, 1.82) is 0 Å². The van der Waals surface area contributed by atoms with Gasteiger partial charge in [0.2, 0.25) is 0 Å². The van der Waals surface area contributed by atoms with E-state index in [0.717, 1.165) is 69.2 Å². The maximum Gasteiger partial charge on any atom is 0.164 e. The van der Waals surface area contributed by atoms with Crippen LogP contribution in [0, 0.1) is 0 Å². The lowest BCUT2D eigenvalue weighted by molar-refractivity contribution is 0.0971. The molecule has 0 bridgehead atoms. The smallest absolute Gasteiger partial charge is 0.164 e. The molecule has 1 aromatic heterocycles. The molecule has 3 heterocycles. The number of benzene rings is 1. The molecule has 0 unspecified atom stereocenters. The number of nitrogens with zero attached hydrogens (tertiary/aromatic N) is 3. The highest BCUT2D eigenvalue weighted by Gasteiger charge is 2.22. The summed E-state index contributed by atoms with van der Waals surface area (Å²) < 4.78 is 13.6. The number of ketones is 1. The van der Waals surface area contributed by atoms with Crippen LogP contribution in [0.15, 0.2) is 30.5 Å². The Morgan fingerprint density at radius 3 is 2.57 bits per heavy atom. The van der Waals surface area contributed by atoms with Crippen molar-refractivity contribution in [2.24, 2.45) is 0 Å². The highest BCUT2D eigenvalue weighted by molar-refractivity contribution is 5.98. The lowest BCUT2D eigenvalue weighted by Crippen LogP contribution is -2.47. The predicted molar refractivity (Wildman–Crippen MR) is 108 cm³/mol. The van der Waals surface area contributed by atoms with Gasteiger partial charge in [0.25, 0.3) is 0 Å². The van der Waals surface area contributed by atoms with Gasteiger partial charge in [0.05, 0.1) is 0 Å². The molecule has 0 saturated carbocycles. The fourth-order valence-electron chi connectivity index (χ4n) is 4.51. The van der Waals surface area contributed by atoms with Crippen LogP contribution in [0.5, 0.6) is 11.5 Å². The first kappa shape index (κ1) is 17.6. The van der Waals surface area contributed by atoms with Gasteiger partial charge >= 0.3 is 0 Å². The van der Waals surface area contributed by atoms with E-state index in [-0.39, 0.29) is 0 Å². The van der Waals surface area contributed by atoms with Crippen molar-refractivity contribution in [2.75, 3.05) is 50.8 Å². The van der Waals surface area contributed by atoms with Gasteiger partial charge in [-0.3, -0.25) is 9.69 Å². The molecule has 3 aliphatic rings. The highest BCUT2D eigenvalue weighted by atomic mass is 16.6. The number of ether oxygens (including phenoxy) is 2. The van der Waals surface area contributed by atoms with Crippen LogP contribution in [0.4, 0.5) is 5.69 Å². The number of hydrogen-bond donors (Lipinski definition) is 0. The van der Waals surface area contributed by atoms with Crippen molar-refractivity contribution in [3.63, 3.8) is 0 Å². The Balaban J connectivity index is 1.16. The maximum atomic E-state index is 12.0. The van der Waals surface area contributed by atoms with Crippen LogP contribution in [0.1, 0.15) is 28.9 Å². The Bertz CT molecular complexity index is 868. The molecule has 5 rings (SSSR count). The summed E-state index contributed by atoms with van der Waals surface area (Å²) in [6, 6.07) is 8.27. The van der Waals surface area contributed by atoms with Gasteiger partial charge in [-0.15, -0.1) is 0 Å². The van der Waals surface area contributed by atoms with Crippen LogP contribution < -0.4 is 14.4 Å². The van der Waals surface area contributed by atoms with Crippen LogP contribution in [-0.4, -0.2) is 61.2 Å². The molecule has 28 heavy (non-hydrogen) atoms. The van der Waals surface area contributed by atoms with E-state index in [1.807, 2.05) is 12.1 Å². The largest absolute Gasteiger partial charge is 0.486 e. The number of rotatable bonds is 4. The third-order valence-corrected chi connectivity index (χ3v) is 6.12. The van der Waals surface area contributed by atoms with E-state index in [0.29, 0.717) is 25.4 Å². The number of piperazine rings is 1. The van der Waals surface area contributed by atoms with Gasteiger partial charge in [-0.2, -0.15) is 0 Å². The van der Waals surface area contributed by atoms with Gasteiger partial charge in [-0.05, 0) is 31.0 Å². The van der Waals surface area contributed by atoms with Crippen LogP contribution in [0.25, 0.3) is 0 Å². The van der Waals surface area contributed by atoms with E-state index >= 15 is 0 Å². The molecule has 148 valence electrons. The van der Waals surface area contributed by atoms with Gasteiger partial charge in [-0.1, -0.05) is 0 Å². The zero-order chi connectivity index (χ0) is 18.9. The fraction of sp³-hybridized carbons (Fsp3) is 0.500. The molecule has 2 aromatic rings. The van der Waals surface area contributed by atoms with Gasteiger partial charge in [-0.25, -0.2) is 0 Å². The lowest BCUT2D eigenvalue weighted by Gasteiger charge is -2.36. The topological polar surface area (TPSA) is 46.9 Å². The minimum atomic E-state index is 0.313. The maximum absolute atomic E-state index is 12.0. The van der Waals surface area contributed by atoms with Gasteiger partial charge in [0.15, 0.2) is 17.3 Å². The van der Waals surface area contributed by atoms with Crippen LogP contribution in [-0.2, 0) is 13.0 Å². The van der Waals surface area contributed by atoms with Crippen molar-refractivity contribution >= 4 is 11.5 Å². The SMILES string of the molecule is O=C1CCCc2c1ccn2CCN1CCN(c2ccc3c(c2)OCCO3)CC1. The molecule has 1 aromatic carbocycles. The Hall–Kier alpha value is -2.47. The minimum Gasteiger partial charge on any atom is -0.486 e. The van der Waals surface area contributed by atoms with Crippen molar-refractivity contribution in [3.05, 3.63) is 41.7 Å². The molecule has 0 spiro atoms. The molecule has 0 radical (unpaired) electrons. The summed E-state index contributed by atoms with van der Waals surface area (Å²) in [6.07, 6.45) is 4.83. The Kier molecular flexibility index (Phi) is 4.72. The summed E-state index contributed by atoms with van der Waals surface area (Å²) in [4.78, 5) is 17.0. The predicted octanol–water partition coefficient (Wildman–Crippen LogP) is 2.60. The number of fused-ring (bicyclic) bond motifs is 2. The molecule has 0 atom stereocenters. The molecular weight excluding hydrogens is 354 g/mol. The highest BCUT2D eigenvalue weighted by Crippen LogP contribution is 2.34. The van der Waals surface area contributed by atoms with Gasteiger partial charge in [0.1, 0.15) is 13.2 Å². The molecule has 6 nitrogen and oxygen atoms in total. The van der Waals surface area contributed by atoms with Crippen LogP contribution in [0.3, 0.4) is 0 Å². The summed E-state index contributed by atoms with van der Waals surface area (Å²) in [5.74, 6) is 2.02. The molecule has 1 saturated heterocycles. The van der Waals surface area contributed by atoms with Crippen molar-refractivity contribution in [3.8, 4) is 11.5 Å². The minimum absolute atomic E-state index is 0.313. The normalized spacial score (nSPS) is 19.6. The average molecular weight is 381 g/mol. The zero-order valence-corrected chi connectivity index (χ0v) is 16.2. The number of aromatic nitrogens is 1.